The van der Waals surface area contributed by atoms with Crippen molar-refractivity contribution in [2.45, 2.75) is 76.4 Å². The average molecular weight is 621 g/mol. The van der Waals surface area contributed by atoms with Crippen LogP contribution in [0.5, 0.6) is 0 Å². The van der Waals surface area contributed by atoms with Crippen LogP contribution in [-0.2, 0) is 33.2 Å². The number of nitrogens with one attached hydrogen (secondary N) is 1. The molecule has 44 heavy (non-hydrogen) atoms. The fraction of sp³-hybridized carbons (Fsp3) is 0.452. The van der Waals surface area contributed by atoms with E-state index >= 15 is 0 Å². The van der Waals surface area contributed by atoms with Gasteiger partial charge in [-0.2, -0.15) is 9.40 Å². The third-order valence-electron chi connectivity index (χ3n) is 8.24. The van der Waals surface area contributed by atoms with E-state index in [0.717, 1.165) is 32.1 Å². The highest BCUT2D eigenvalue weighted by atomic mass is 32.2. The zero-order chi connectivity index (χ0) is 31.4. The smallest absolute Gasteiger partial charge is 0.249 e. The van der Waals surface area contributed by atoms with Gasteiger partial charge in [0.15, 0.2) is 0 Å². The van der Waals surface area contributed by atoms with Crippen LogP contribution in [0.15, 0.2) is 59.6 Å². The number of sulfonamides is 1. The van der Waals surface area contributed by atoms with Gasteiger partial charge >= 0.3 is 0 Å². The second-order valence-electron chi connectivity index (χ2n) is 11.2. The maximum absolute atomic E-state index is 14.4. The van der Waals surface area contributed by atoms with Crippen LogP contribution in [0.1, 0.15) is 63.3 Å². The Bertz CT molecular complexity index is 1720. The van der Waals surface area contributed by atoms with E-state index < -0.39 is 22.0 Å². The van der Waals surface area contributed by atoms with Crippen LogP contribution in [0.25, 0.3) is 11.0 Å². The van der Waals surface area contributed by atoms with Crippen molar-refractivity contribution in [3.8, 4) is 0 Å². The van der Waals surface area contributed by atoms with Crippen molar-refractivity contribution in [3.05, 3.63) is 66.0 Å². The third kappa shape index (κ3) is 6.39. The fourth-order valence-corrected chi connectivity index (χ4v) is 7.44. The molecule has 4 aromatic rings. The summed E-state index contributed by atoms with van der Waals surface area (Å²) in [5, 5.41) is 16.1. The molecule has 1 aliphatic carbocycles. The molecule has 1 atom stereocenters. The van der Waals surface area contributed by atoms with Crippen LogP contribution in [0.4, 0.5) is 5.69 Å². The van der Waals surface area contributed by atoms with E-state index in [1.807, 2.05) is 31.2 Å². The number of amides is 2. The molecule has 234 valence electrons. The monoisotopic (exact) mass is 620 g/mol. The highest BCUT2D eigenvalue weighted by Gasteiger charge is 2.37. The Balaban J connectivity index is 1.60. The molecule has 0 aliphatic heterocycles. The predicted molar refractivity (Wildman–Crippen MR) is 167 cm³/mol. The van der Waals surface area contributed by atoms with Crippen molar-refractivity contribution < 1.29 is 18.0 Å². The Morgan fingerprint density at radius 1 is 1.02 bits per heavy atom. The van der Waals surface area contributed by atoms with Crippen LogP contribution in [0.3, 0.4) is 0 Å². The third-order valence-corrected chi connectivity index (χ3v) is 10.3. The number of anilines is 1. The van der Waals surface area contributed by atoms with E-state index in [1.54, 1.807) is 43.9 Å². The number of carbonyl (C=O) groups excluding carboxylic acids is 2. The number of aryl methyl sites for hydroxylation is 2. The Morgan fingerprint density at radius 2 is 1.70 bits per heavy atom. The Morgan fingerprint density at radius 3 is 2.34 bits per heavy atom. The lowest BCUT2D eigenvalue weighted by atomic mass is 9.94. The molecule has 0 radical (unpaired) electrons. The van der Waals surface area contributed by atoms with Crippen molar-refractivity contribution in [2.24, 2.45) is 7.05 Å². The highest BCUT2D eigenvalue weighted by Crippen LogP contribution is 2.32. The summed E-state index contributed by atoms with van der Waals surface area (Å²) >= 11 is 0. The Labute approximate surface area is 258 Å². The number of benzene rings is 2. The van der Waals surface area contributed by atoms with Crippen molar-refractivity contribution in [3.63, 3.8) is 0 Å². The van der Waals surface area contributed by atoms with Gasteiger partial charge in [0.25, 0.3) is 0 Å². The minimum absolute atomic E-state index is 0.00790. The van der Waals surface area contributed by atoms with E-state index in [1.165, 1.54) is 26.0 Å². The zero-order valence-electron chi connectivity index (χ0n) is 25.7. The molecule has 2 aromatic carbocycles. The SMILES string of the molecule is CCN(CC)S(=O)(=O)c1ccc(N(C(=O)Cn2nnc3ccccc32)[C@@H](C(=O)NC2CCCCC2)c2cn(C)nc2C)cc1. The maximum atomic E-state index is 14.4. The van der Waals surface area contributed by atoms with Crippen molar-refractivity contribution in [1.29, 1.82) is 0 Å². The summed E-state index contributed by atoms with van der Waals surface area (Å²) < 4.78 is 31.0. The summed E-state index contributed by atoms with van der Waals surface area (Å²) in [7, 11) is -1.95. The number of hydrogen-bond donors (Lipinski definition) is 1. The molecule has 0 bridgehead atoms. The second kappa shape index (κ2) is 13.3. The predicted octanol–water partition coefficient (Wildman–Crippen LogP) is 3.73. The van der Waals surface area contributed by atoms with Crippen molar-refractivity contribution in [1.82, 2.24) is 34.4 Å². The van der Waals surface area contributed by atoms with Gasteiger partial charge in [-0.05, 0) is 56.2 Å². The molecule has 2 aromatic heterocycles. The lowest BCUT2D eigenvalue weighted by molar-refractivity contribution is -0.127. The minimum atomic E-state index is -3.73. The first-order valence-electron chi connectivity index (χ1n) is 15.1. The van der Waals surface area contributed by atoms with Gasteiger partial charge in [-0.25, -0.2) is 13.1 Å². The minimum Gasteiger partial charge on any atom is -0.351 e. The zero-order valence-corrected chi connectivity index (χ0v) is 26.5. The molecule has 1 N–H and O–H groups in total. The van der Waals surface area contributed by atoms with E-state index in [9.17, 15) is 18.0 Å². The molecule has 0 spiro atoms. The summed E-state index contributed by atoms with van der Waals surface area (Å²) in [5.41, 5.74) is 2.90. The number of carbonyl (C=O) groups is 2. The summed E-state index contributed by atoms with van der Waals surface area (Å²) in [6.45, 7) is 5.86. The van der Waals surface area contributed by atoms with Gasteiger partial charge in [0, 0.05) is 43.6 Å². The topological polar surface area (TPSA) is 135 Å². The Hall–Kier alpha value is -4.10. The van der Waals surface area contributed by atoms with Gasteiger partial charge in [0.1, 0.15) is 18.1 Å². The summed E-state index contributed by atoms with van der Waals surface area (Å²) in [4.78, 5) is 30.1. The number of fused-ring (bicyclic) bond motifs is 1. The quantitative estimate of drug-likeness (QED) is 0.270. The van der Waals surface area contributed by atoms with Crippen LogP contribution < -0.4 is 10.2 Å². The second-order valence-corrected chi connectivity index (χ2v) is 13.1. The molecule has 5 rings (SSSR count). The molecule has 2 amide bonds. The van der Waals surface area contributed by atoms with E-state index in [0.29, 0.717) is 41.1 Å². The summed E-state index contributed by atoms with van der Waals surface area (Å²) in [6.07, 6.45) is 6.71. The molecule has 13 heteroatoms. The lowest BCUT2D eigenvalue weighted by Crippen LogP contribution is -2.48. The fourth-order valence-electron chi connectivity index (χ4n) is 5.98. The van der Waals surface area contributed by atoms with Gasteiger partial charge in [-0.15, -0.1) is 5.10 Å². The van der Waals surface area contributed by atoms with Gasteiger partial charge < -0.3 is 5.32 Å². The molecule has 2 heterocycles. The van der Waals surface area contributed by atoms with Gasteiger partial charge in [-0.1, -0.05) is 50.5 Å². The number of aromatic nitrogens is 5. The standard InChI is InChI=1S/C31H40N8O4S/c1-5-37(6-2)44(42,43)25-18-16-24(17-19-25)39(29(40)21-38-28-15-11-10-14-27(28)33-35-38)30(26-20-36(4)34-22(26)3)31(41)32-23-12-8-7-9-13-23/h10-11,14-20,23,30H,5-9,12-13,21H2,1-4H3,(H,32,41)/t30-/m1/s1. The number of rotatable bonds is 11. The average Bonchev–Trinajstić information content (AvgIpc) is 3.58. The summed E-state index contributed by atoms with van der Waals surface area (Å²) in [5.74, 6) is -0.725. The number of nitrogens with zero attached hydrogens (tertiary/aromatic N) is 7. The highest BCUT2D eigenvalue weighted by molar-refractivity contribution is 7.89. The molecule has 12 nitrogen and oxygen atoms in total. The molecule has 0 saturated heterocycles. The molecule has 1 aliphatic rings. The van der Waals surface area contributed by atoms with E-state index in [-0.39, 0.29) is 23.4 Å². The van der Waals surface area contributed by atoms with E-state index in [4.69, 9.17) is 0 Å². The van der Waals surface area contributed by atoms with Crippen molar-refractivity contribution in [2.75, 3.05) is 18.0 Å². The molecule has 1 saturated carbocycles. The van der Waals surface area contributed by atoms with Crippen LogP contribution in [0, 0.1) is 6.92 Å². The molecule has 0 unspecified atom stereocenters. The van der Waals surface area contributed by atoms with Crippen LogP contribution in [0.2, 0.25) is 0 Å². The van der Waals surface area contributed by atoms with E-state index in [2.05, 4.69) is 20.7 Å². The Kier molecular flexibility index (Phi) is 9.45. The van der Waals surface area contributed by atoms with Crippen molar-refractivity contribution >= 4 is 38.6 Å². The van der Waals surface area contributed by atoms with Crippen LogP contribution in [-0.4, -0.2) is 68.4 Å². The number of para-hydroxylation sites is 1. The number of hydrogen-bond acceptors (Lipinski definition) is 7. The molecular weight excluding hydrogens is 580 g/mol. The molecular formula is C31H40N8O4S. The molecule has 1 fully saturated rings. The largest absolute Gasteiger partial charge is 0.351 e. The van der Waals surface area contributed by atoms with Gasteiger partial charge in [0.05, 0.1) is 16.1 Å². The maximum Gasteiger partial charge on any atom is 0.249 e. The first-order valence-corrected chi connectivity index (χ1v) is 16.6. The van der Waals surface area contributed by atoms with Gasteiger partial charge in [-0.3, -0.25) is 19.2 Å². The lowest BCUT2D eigenvalue weighted by Gasteiger charge is -2.33. The van der Waals surface area contributed by atoms with Gasteiger partial charge in [0.2, 0.25) is 21.8 Å². The summed E-state index contributed by atoms with van der Waals surface area (Å²) in [6, 6.07) is 12.4. The van der Waals surface area contributed by atoms with Crippen LogP contribution >= 0.6 is 0 Å². The first kappa shape index (κ1) is 31.3. The first-order chi connectivity index (χ1) is 21.1. The normalized spacial score (nSPS) is 15.0.